The van der Waals surface area contributed by atoms with Crippen LogP contribution in [0.1, 0.15) is 10.5 Å². The summed E-state index contributed by atoms with van der Waals surface area (Å²) in [5, 5.41) is 3.77. The molecule has 12 heavy (non-hydrogen) atoms. The highest BCUT2D eigenvalue weighted by molar-refractivity contribution is 5.95. The zero-order valence-electron chi connectivity index (χ0n) is 6.32. The maximum Gasteiger partial charge on any atom is 0.271 e. The molecule has 1 aromatic rings. The standard InChI is InChI=1S/C7H8N4O/c1-2-3-11-4-5(8)6(10-11)7(9)12/h1,4H,3,8H2,(H2,9,12). The van der Waals surface area contributed by atoms with Gasteiger partial charge in [0.25, 0.3) is 5.91 Å². The van der Waals surface area contributed by atoms with Crippen molar-refractivity contribution in [1.82, 2.24) is 9.78 Å². The zero-order valence-corrected chi connectivity index (χ0v) is 6.32. The van der Waals surface area contributed by atoms with Crippen LogP contribution in [0.5, 0.6) is 0 Å². The highest BCUT2D eigenvalue weighted by atomic mass is 16.1. The van der Waals surface area contributed by atoms with Gasteiger partial charge in [0.2, 0.25) is 0 Å². The third kappa shape index (κ3) is 1.37. The van der Waals surface area contributed by atoms with Crippen LogP contribution >= 0.6 is 0 Å². The van der Waals surface area contributed by atoms with E-state index in [1.807, 2.05) is 0 Å². The normalized spacial score (nSPS) is 9.25. The van der Waals surface area contributed by atoms with Crippen molar-refractivity contribution >= 4 is 11.6 Å². The second-order valence-corrected chi connectivity index (χ2v) is 2.20. The Kier molecular flexibility index (Phi) is 2.01. The molecule has 0 saturated heterocycles. The molecule has 0 spiro atoms. The molecule has 1 aromatic heterocycles. The highest BCUT2D eigenvalue weighted by Crippen LogP contribution is 2.06. The number of primary amides is 1. The van der Waals surface area contributed by atoms with Gasteiger partial charge in [-0.25, -0.2) is 0 Å². The molecule has 0 aliphatic heterocycles. The topological polar surface area (TPSA) is 86.9 Å². The largest absolute Gasteiger partial charge is 0.396 e. The number of rotatable bonds is 2. The third-order valence-electron chi connectivity index (χ3n) is 1.28. The molecule has 0 unspecified atom stereocenters. The summed E-state index contributed by atoms with van der Waals surface area (Å²) < 4.78 is 1.38. The van der Waals surface area contributed by atoms with E-state index in [4.69, 9.17) is 17.9 Å². The van der Waals surface area contributed by atoms with Crippen molar-refractivity contribution in [3.63, 3.8) is 0 Å². The van der Waals surface area contributed by atoms with Gasteiger partial charge in [0.05, 0.1) is 5.69 Å². The van der Waals surface area contributed by atoms with Gasteiger partial charge < -0.3 is 11.5 Å². The van der Waals surface area contributed by atoms with Crippen molar-refractivity contribution in [2.45, 2.75) is 6.54 Å². The van der Waals surface area contributed by atoms with Crippen LogP contribution in [0.15, 0.2) is 6.20 Å². The Bertz CT molecular complexity index is 347. The van der Waals surface area contributed by atoms with Gasteiger partial charge in [-0.15, -0.1) is 6.42 Å². The number of carbonyl (C=O) groups is 1. The fourth-order valence-corrected chi connectivity index (χ4v) is 0.803. The molecule has 0 bridgehead atoms. The van der Waals surface area contributed by atoms with E-state index in [1.165, 1.54) is 10.9 Å². The quantitative estimate of drug-likeness (QED) is 0.561. The number of hydrogen-bond acceptors (Lipinski definition) is 3. The van der Waals surface area contributed by atoms with Gasteiger partial charge in [0.15, 0.2) is 5.69 Å². The SMILES string of the molecule is C#CCn1cc(N)c(C(N)=O)n1. The molecule has 5 nitrogen and oxygen atoms in total. The van der Waals surface area contributed by atoms with Crippen LogP contribution in [0.3, 0.4) is 0 Å². The first-order chi connectivity index (χ1) is 5.65. The molecule has 0 aliphatic carbocycles. The van der Waals surface area contributed by atoms with Gasteiger partial charge in [-0.2, -0.15) is 5.10 Å². The Balaban J connectivity index is 3.02. The molecule has 0 radical (unpaired) electrons. The van der Waals surface area contributed by atoms with E-state index >= 15 is 0 Å². The fraction of sp³-hybridized carbons (Fsp3) is 0.143. The highest BCUT2D eigenvalue weighted by Gasteiger charge is 2.09. The molecule has 0 aromatic carbocycles. The number of carbonyl (C=O) groups excluding carboxylic acids is 1. The van der Waals surface area contributed by atoms with Gasteiger partial charge in [0, 0.05) is 6.20 Å². The van der Waals surface area contributed by atoms with Gasteiger partial charge in [-0.3, -0.25) is 9.48 Å². The van der Waals surface area contributed by atoms with E-state index in [9.17, 15) is 4.79 Å². The first kappa shape index (κ1) is 8.14. The average molecular weight is 164 g/mol. The summed E-state index contributed by atoms with van der Waals surface area (Å²) in [7, 11) is 0. The zero-order chi connectivity index (χ0) is 9.14. The fourth-order valence-electron chi connectivity index (χ4n) is 0.803. The molecule has 5 heteroatoms. The number of anilines is 1. The second kappa shape index (κ2) is 2.96. The number of hydrogen-bond donors (Lipinski definition) is 2. The maximum absolute atomic E-state index is 10.7. The third-order valence-corrected chi connectivity index (χ3v) is 1.28. The summed E-state index contributed by atoms with van der Waals surface area (Å²) in [6.45, 7) is 0.275. The minimum Gasteiger partial charge on any atom is -0.396 e. The van der Waals surface area contributed by atoms with Crippen molar-refractivity contribution in [2.75, 3.05) is 5.73 Å². The summed E-state index contributed by atoms with van der Waals surface area (Å²) in [4.78, 5) is 10.7. The Hall–Kier alpha value is -1.96. The van der Waals surface area contributed by atoms with Crippen LogP contribution in [-0.4, -0.2) is 15.7 Å². The molecule has 1 amide bonds. The lowest BCUT2D eigenvalue weighted by atomic mass is 10.4. The number of nitrogens with zero attached hydrogens (tertiary/aromatic N) is 2. The van der Waals surface area contributed by atoms with Crippen molar-refractivity contribution in [1.29, 1.82) is 0 Å². The van der Waals surface area contributed by atoms with E-state index in [2.05, 4.69) is 11.0 Å². The number of nitrogen functional groups attached to an aromatic ring is 1. The molecule has 4 N–H and O–H groups in total. The molecule has 1 heterocycles. The van der Waals surface area contributed by atoms with Crippen LogP contribution < -0.4 is 11.5 Å². The summed E-state index contributed by atoms with van der Waals surface area (Å²) in [5.41, 5.74) is 10.7. The average Bonchev–Trinajstić information content (AvgIpc) is 2.32. The van der Waals surface area contributed by atoms with Gasteiger partial charge in [-0.1, -0.05) is 5.92 Å². The number of nitrogens with two attached hydrogens (primary N) is 2. The Labute approximate surface area is 69.3 Å². The molecule has 0 atom stereocenters. The van der Waals surface area contributed by atoms with E-state index < -0.39 is 5.91 Å². The van der Waals surface area contributed by atoms with E-state index in [1.54, 1.807) is 0 Å². The van der Waals surface area contributed by atoms with Gasteiger partial charge in [0.1, 0.15) is 6.54 Å². The molecular formula is C7H8N4O. The van der Waals surface area contributed by atoms with Crippen molar-refractivity contribution in [3.8, 4) is 12.3 Å². The Morgan fingerprint density at radius 3 is 2.92 bits per heavy atom. The Morgan fingerprint density at radius 2 is 2.50 bits per heavy atom. The smallest absolute Gasteiger partial charge is 0.271 e. The van der Waals surface area contributed by atoms with E-state index in [0.29, 0.717) is 0 Å². The number of terminal acetylenes is 1. The van der Waals surface area contributed by atoms with Crippen LogP contribution in [0.4, 0.5) is 5.69 Å². The van der Waals surface area contributed by atoms with Crippen LogP contribution in [0, 0.1) is 12.3 Å². The van der Waals surface area contributed by atoms with Crippen molar-refractivity contribution in [3.05, 3.63) is 11.9 Å². The van der Waals surface area contributed by atoms with Gasteiger partial charge in [-0.05, 0) is 0 Å². The first-order valence-corrected chi connectivity index (χ1v) is 3.21. The molecule has 1 rings (SSSR count). The monoisotopic (exact) mass is 164 g/mol. The lowest BCUT2D eigenvalue weighted by Gasteiger charge is -1.89. The van der Waals surface area contributed by atoms with E-state index in [0.717, 1.165) is 0 Å². The van der Waals surface area contributed by atoms with Crippen LogP contribution in [0.25, 0.3) is 0 Å². The Morgan fingerprint density at radius 1 is 1.83 bits per heavy atom. The lowest BCUT2D eigenvalue weighted by Crippen LogP contribution is -2.14. The summed E-state index contributed by atoms with van der Waals surface area (Å²) in [5.74, 6) is 1.71. The lowest BCUT2D eigenvalue weighted by molar-refractivity contribution is 0.0995. The summed E-state index contributed by atoms with van der Waals surface area (Å²) >= 11 is 0. The predicted molar refractivity (Wildman–Crippen MR) is 44.0 cm³/mol. The minimum atomic E-state index is -0.650. The second-order valence-electron chi connectivity index (χ2n) is 2.20. The molecule has 0 fully saturated rings. The minimum absolute atomic E-state index is 0.0604. The number of aromatic nitrogens is 2. The molecule has 0 saturated carbocycles. The van der Waals surface area contributed by atoms with Crippen LogP contribution in [-0.2, 0) is 6.54 Å². The first-order valence-electron chi connectivity index (χ1n) is 3.21. The molecular weight excluding hydrogens is 156 g/mol. The number of amides is 1. The molecule has 0 aliphatic rings. The van der Waals surface area contributed by atoms with Crippen molar-refractivity contribution in [2.24, 2.45) is 5.73 Å². The van der Waals surface area contributed by atoms with Gasteiger partial charge >= 0.3 is 0 Å². The van der Waals surface area contributed by atoms with E-state index in [-0.39, 0.29) is 17.9 Å². The predicted octanol–water partition coefficient (Wildman–Crippen LogP) is -0.803. The van der Waals surface area contributed by atoms with Crippen molar-refractivity contribution < 1.29 is 4.79 Å². The summed E-state index contributed by atoms with van der Waals surface area (Å²) in [6.07, 6.45) is 6.50. The molecule has 62 valence electrons. The maximum atomic E-state index is 10.7. The van der Waals surface area contributed by atoms with Crippen LogP contribution in [0.2, 0.25) is 0 Å². The summed E-state index contributed by atoms with van der Waals surface area (Å²) in [6, 6.07) is 0.